The van der Waals surface area contributed by atoms with Crippen molar-refractivity contribution < 1.29 is 4.79 Å². The van der Waals surface area contributed by atoms with Gasteiger partial charge in [0.2, 0.25) is 0 Å². The number of hydrogen-bond acceptors (Lipinski definition) is 3. The highest BCUT2D eigenvalue weighted by molar-refractivity contribution is 9.10. The van der Waals surface area contributed by atoms with E-state index in [1.807, 2.05) is 12.1 Å². The highest BCUT2D eigenvalue weighted by Crippen LogP contribution is 2.24. The summed E-state index contributed by atoms with van der Waals surface area (Å²) in [5, 5.41) is 6.85. The first-order valence-corrected chi connectivity index (χ1v) is 6.96. The van der Waals surface area contributed by atoms with E-state index in [0.29, 0.717) is 17.6 Å². The molecule has 1 aliphatic heterocycles. The molecular weight excluding hydrogens is 294 g/mol. The number of amides is 1. The maximum atomic E-state index is 11.4. The van der Waals surface area contributed by atoms with E-state index in [2.05, 4.69) is 33.5 Å². The van der Waals surface area contributed by atoms with Crippen LogP contribution in [0.1, 0.15) is 30.1 Å². The molecule has 1 saturated heterocycles. The summed E-state index contributed by atoms with van der Waals surface area (Å²) in [5.74, 6) is -0.401. The Hall–Kier alpha value is -1.07. The number of hydrogen-bond donors (Lipinski definition) is 3. The van der Waals surface area contributed by atoms with Gasteiger partial charge in [0.05, 0.1) is 5.56 Å². The van der Waals surface area contributed by atoms with Gasteiger partial charge in [0.1, 0.15) is 0 Å². The maximum Gasteiger partial charge on any atom is 0.250 e. The first kappa shape index (κ1) is 13.4. The van der Waals surface area contributed by atoms with Crippen molar-refractivity contribution in [3.63, 3.8) is 0 Å². The average molecular weight is 312 g/mol. The first-order valence-electron chi connectivity index (χ1n) is 6.17. The molecule has 98 valence electrons. The van der Waals surface area contributed by atoms with Crippen molar-refractivity contribution in [1.82, 2.24) is 5.32 Å². The fraction of sp³-hybridized carbons (Fsp3) is 0.462. The molecule has 2 atom stereocenters. The second-order valence-corrected chi connectivity index (χ2v) is 5.61. The molecule has 0 aliphatic carbocycles. The maximum absolute atomic E-state index is 11.4. The van der Waals surface area contributed by atoms with Gasteiger partial charge in [-0.2, -0.15) is 0 Å². The molecular formula is C13H18BrN3O. The summed E-state index contributed by atoms with van der Waals surface area (Å²) in [6.07, 6.45) is 2.24. The predicted molar refractivity (Wildman–Crippen MR) is 76.8 cm³/mol. The highest BCUT2D eigenvalue weighted by atomic mass is 79.9. The molecule has 1 fully saturated rings. The number of carbonyl (C=O) groups is 1. The van der Waals surface area contributed by atoms with Gasteiger partial charge in [-0.15, -0.1) is 0 Å². The van der Waals surface area contributed by atoms with Crippen molar-refractivity contribution in [3.8, 4) is 0 Å². The molecule has 0 spiro atoms. The molecule has 2 rings (SSSR count). The van der Waals surface area contributed by atoms with Crippen LogP contribution in [0.25, 0.3) is 0 Å². The molecule has 1 aliphatic rings. The van der Waals surface area contributed by atoms with E-state index in [1.165, 1.54) is 0 Å². The lowest BCUT2D eigenvalue weighted by Crippen LogP contribution is -2.46. The van der Waals surface area contributed by atoms with Gasteiger partial charge in [-0.25, -0.2) is 0 Å². The van der Waals surface area contributed by atoms with Gasteiger partial charge in [0, 0.05) is 22.2 Å². The first-order chi connectivity index (χ1) is 8.58. The van der Waals surface area contributed by atoms with Crippen LogP contribution in [0.4, 0.5) is 5.69 Å². The molecule has 0 radical (unpaired) electrons. The summed E-state index contributed by atoms with van der Waals surface area (Å²) in [6.45, 7) is 3.21. The van der Waals surface area contributed by atoms with Crippen molar-refractivity contribution in [1.29, 1.82) is 0 Å². The smallest absolute Gasteiger partial charge is 0.250 e. The lowest BCUT2D eigenvalue weighted by atomic mass is 9.99. The molecule has 2 unspecified atom stereocenters. The van der Waals surface area contributed by atoms with Crippen LogP contribution >= 0.6 is 15.9 Å². The average Bonchev–Trinajstić information content (AvgIpc) is 2.32. The molecule has 0 saturated carbocycles. The van der Waals surface area contributed by atoms with Crippen molar-refractivity contribution >= 4 is 27.5 Å². The zero-order chi connectivity index (χ0) is 13.1. The van der Waals surface area contributed by atoms with Crippen molar-refractivity contribution in [3.05, 3.63) is 28.2 Å². The Morgan fingerprint density at radius 3 is 3.00 bits per heavy atom. The van der Waals surface area contributed by atoms with Crippen molar-refractivity contribution in [2.45, 2.75) is 31.8 Å². The van der Waals surface area contributed by atoms with Gasteiger partial charge in [0.25, 0.3) is 5.91 Å². The normalized spacial score (nSPS) is 23.7. The summed E-state index contributed by atoms with van der Waals surface area (Å²) in [5.41, 5.74) is 6.74. The summed E-state index contributed by atoms with van der Waals surface area (Å²) in [7, 11) is 0. The fourth-order valence-electron chi connectivity index (χ4n) is 2.29. The lowest BCUT2D eigenvalue weighted by Gasteiger charge is -2.32. The van der Waals surface area contributed by atoms with Crippen LogP contribution in [-0.4, -0.2) is 24.5 Å². The molecule has 5 heteroatoms. The van der Waals surface area contributed by atoms with Crippen LogP contribution in [-0.2, 0) is 0 Å². The highest BCUT2D eigenvalue weighted by Gasteiger charge is 2.22. The summed E-state index contributed by atoms with van der Waals surface area (Å²) in [6, 6.07) is 6.19. The number of rotatable bonds is 3. The van der Waals surface area contributed by atoms with Crippen LogP contribution in [0.2, 0.25) is 0 Å². The second-order valence-electron chi connectivity index (χ2n) is 4.69. The standard InChI is InChI=1S/C13H18BrN3O/c1-8-11(3-2-6-16-8)17-12-7-9(14)4-5-10(12)13(15)18/h4-5,7-8,11,16-17H,2-3,6H2,1H3,(H2,15,18). The number of nitrogens with two attached hydrogens (primary N) is 1. The van der Waals surface area contributed by atoms with Gasteiger partial charge in [-0.05, 0) is 44.5 Å². The molecule has 1 aromatic rings. The Balaban J connectivity index is 2.21. The Bertz CT molecular complexity index is 450. The van der Waals surface area contributed by atoms with Crippen LogP contribution in [0.5, 0.6) is 0 Å². The molecule has 0 bridgehead atoms. The Morgan fingerprint density at radius 2 is 2.33 bits per heavy atom. The number of benzene rings is 1. The monoisotopic (exact) mass is 311 g/mol. The zero-order valence-corrected chi connectivity index (χ0v) is 12.0. The van der Waals surface area contributed by atoms with Gasteiger partial charge in [0.15, 0.2) is 0 Å². The number of halogens is 1. The van der Waals surface area contributed by atoms with E-state index in [0.717, 1.165) is 29.5 Å². The number of nitrogens with one attached hydrogen (secondary N) is 2. The second kappa shape index (κ2) is 5.71. The number of piperidine rings is 1. The molecule has 1 heterocycles. The van der Waals surface area contributed by atoms with E-state index < -0.39 is 5.91 Å². The van der Waals surface area contributed by atoms with Crippen molar-refractivity contribution in [2.75, 3.05) is 11.9 Å². The van der Waals surface area contributed by atoms with E-state index >= 15 is 0 Å². The van der Waals surface area contributed by atoms with E-state index in [4.69, 9.17) is 5.73 Å². The SMILES string of the molecule is CC1NCCCC1Nc1cc(Br)ccc1C(N)=O. The Kier molecular flexibility index (Phi) is 4.24. The van der Waals surface area contributed by atoms with E-state index in [-0.39, 0.29) is 0 Å². The Labute approximate surface area is 115 Å². The summed E-state index contributed by atoms with van der Waals surface area (Å²) in [4.78, 5) is 11.4. The predicted octanol–water partition coefficient (Wildman–Crippen LogP) is 2.10. The van der Waals surface area contributed by atoms with Gasteiger partial charge in [-0.3, -0.25) is 4.79 Å². The quantitative estimate of drug-likeness (QED) is 0.801. The van der Waals surface area contributed by atoms with Gasteiger partial charge in [-0.1, -0.05) is 15.9 Å². The summed E-state index contributed by atoms with van der Waals surface area (Å²) < 4.78 is 0.937. The van der Waals surface area contributed by atoms with Crippen LogP contribution in [0.15, 0.2) is 22.7 Å². The van der Waals surface area contributed by atoms with Gasteiger partial charge >= 0.3 is 0 Å². The topological polar surface area (TPSA) is 67.2 Å². The lowest BCUT2D eigenvalue weighted by molar-refractivity contribution is 0.100. The third-order valence-corrected chi connectivity index (χ3v) is 3.84. The van der Waals surface area contributed by atoms with Gasteiger partial charge < -0.3 is 16.4 Å². The third kappa shape index (κ3) is 3.03. The van der Waals surface area contributed by atoms with Crippen LogP contribution in [0, 0.1) is 0 Å². The van der Waals surface area contributed by atoms with E-state index in [1.54, 1.807) is 6.07 Å². The number of carbonyl (C=O) groups excluding carboxylic acids is 1. The minimum atomic E-state index is -0.401. The third-order valence-electron chi connectivity index (χ3n) is 3.35. The molecule has 4 N–H and O–H groups in total. The molecule has 1 amide bonds. The number of primary amides is 1. The molecule has 18 heavy (non-hydrogen) atoms. The van der Waals surface area contributed by atoms with Crippen molar-refractivity contribution in [2.24, 2.45) is 5.73 Å². The van der Waals surface area contributed by atoms with Crippen LogP contribution < -0.4 is 16.4 Å². The van der Waals surface area contributed by atoms with E-state index in [9.17, 15) is 4.79 Å². The molecule has 1 aromatic carbocycles. The zero-order valence-electron chi connectivity index (χ0n) is 10.4. The minimum absolute atomic E-state index is 0.325. The Morgan fingerprint density at radius 1 is 1.56 bits per heavy atom. The summed E-state index contributed by atoms with van der Waals surface area (Å²) >= 11 is 3.42. The van der Waals surface area contributed by atoms with Crippen LogP contribution in [0.3, 0.4) is 0 Å². The molecule has 0 aromatic heterocycles. The number of anilines is 1. The minimum Gasteiger partial charge on any atom is -0.380 e. The molecule has 4 nitrogen and oxygen atoms in total. The fourth-order valence-corrected chi connectivity index (χ4v) is 2.65. The largest absolute Gasteiger partial charge is 0.380 e.